The number of nitrogens with one attached hydrogen (secondary N) is 1. The Morgan fingerprint density at radius 3 is 2.61 bits per heavy atom. The van der Waals surface area contributed by atoms with Crippen LogP contribution >= 0.6 is 11.6 Å². The van der Waals surface area contributed by atoms with E-state index in [4.69, 9.17) is 16.3 Å². The molecule has 3 aromatic carbocycles. The minimum absolute atomic E-state index is 0.0148. The molecule has 0 atom stereocenters. The topological polar surface area (TPSA) is 92.8 Å². The highest BCUT2D eigenvalue weighted by molar-refractivity contribution is 7.92. The molecule has 0 bridgehead atoms. The van der Waals surface area contributed by atoms with E-state index in [0.717, 1.165) is 11.1 Å². The van der Waals surface area contributed by atoms with Crippen molar-refractivity contribution in [2.24, 2.45) is 0 Å². The molecule has 0 unspecified atom stereocenters. The van der Waals surface area contributed by atoms with E-state index < -0.39 is 28.5 Å². The third-order valence-electron chi connectivity index (χ3n) is 5.22. The molecular weight excluding hydrogens is 464 g/mol. The molecule has 0 aromatic heterocycles. The van der Waals surface area contributed by atoms with Crippen molar-refractivity contribution >= 4 is 39.2 Å². The summed E-state index contributed by atoms with van der Waals surface area (Å²) in [7, 11) is -3.85. The molecule has 0 saturated carbocycles. The molecule has 1 aliphatic heterocycles. The first-order valence-electron chi connectivity index (χ1n) is 10.2. The fraction of sp³-hybridized carbons (Fsp3) is 0.167. The molecule has 1 N–H and O–H groups in total. The highest BCUT2D eigenvalue weighted by atomic mass is 35.5. The number of amides is 1. The number of sulfonamides is 1. The Kier molecular flexibility index (Phi) is 6.67. The molecule has 1 heterocycles. The molecule has 9 heteroatoms. The van der Waals surface area contributed by atoms with Crippen LogP contribution in [0.15, 0.2) is 77.7 Å². The molecule has 0 spiro atoms. The van der Waals surface area contributed by atoms with Gasteiger partial charge in [-0.05, 0) is 53.9 Å². The van der Waals surface area contributed by atoms with Crippen LogP contribution in [0.1, 0.15) is 21.5 Å². The number of nitrogens with zero attached hydrogens (tertiary/aromatic N) is 1. The molecule has 0 radical (unpaired) electrons. The smallest absolute Gasteiger partial charge is 0.338 e. The van der Waals surface area contributed by atoms with Crippen molar-refractivity contribution in [2.75, 3.05) is 17.5 Å². The summed E-state index contributed by atoms with van der Waals surface area (Å²) in [5, 5.41) is 3.19. The number of ether oxygens (including phenoxy) is 1. The van der Waals surface area contributed by atoms with Crippen molar-refractivity contribution in [3.05, 3.63) is 94.5 Å². The normalized spacial score (nSPS) is 12.8. The number of hydrogen-bond donors (Lipinski definition) is 1. The highest BCUT2D eigenvalue weighted by Crippen LogP contribution is 2.32. The average molecular weight is 485 g/mol. The Morgan fingerprint density at radius 1 is 1.00 bits per heavy atom. The van der Waals surface area contributed by atoms with E-state index in [2.05, 4.69) is 5.32 Å². The zero-order valence-electron chi connectivity index (χ0n) is 17.5. The third kappa shape index (κ3) is 5.18. The number of anilines is 1. The Balaban J connectivity index is 1.39. The monoisotopic (exact) mass is 484 g/mol. The average Bonchev–Trinajstić information content (AvgIpc) is 3.26. The van der Waals surface area contributed by atoms with Crippen molar-refractivity contribution in [3.63, 3.8) is 0 Å². The second-order valence-corrected chi connectivity index (χ2v) is 9.77. The lowest BCUT2D eigenvalue weighted by Crippen LogP contribution is -2.29. The van der Waals surface area contributed by atoms with Crippen molar-refractivity contribution in [2.45, 2.75) is 17.9 Å². The fourth-order valence-corrected chi connectivity index (χ4v) is 5.34. The fourth-order valence-electron chi connectivity index (χ4n) is 3.58. The highest BCUT2D eigenvalue weighted by Gasteiger charge is 2.31. The molecule has 0 aliphatic carbocycles. The number of hydrogen-bond acceptors (Lipinski definition) is 5. The zero-order chi connectivity index (χ0) is 23.4. The minimum Gasteiger partial charge on any atom is -0.452 e. The van der Waals surface area contributed by atoms with Gasteiger partial charge in [0.15, 0.2) is 6.61 Å². The van der Waals surface area contributed by atoms with Gasteiger partial charge in [0.05, 0.1) is 16.1 Å². The maximum atomic E-state index is 13.2. The molecule has 4 rings (SSSR count). The predicted molar refractivity (Wildman–Crippen MR) is 125 cm³/mol. The first-order valence-corrected chi connectivity index (χ1v) is 12.1. The molecular formula is C24H21ClN2O5S. The minimum atomic E-state index is -3.85. The summed E-state index contributed by atoms with van der Waals surface area (Å²) in [6, 6.07) is 20.0. The number of carbonyl (C=O) groups is 2. The number of esters is 1. The van der Waals surface area contributed by atoms with Gasteiger partial charge in [0.25, 0.3) is 15.9 Å². The van der Waals surface area contributed by atoms with Crippen LogP contribution in [0.4, 0.5) is 5.69 Å². The largest absolute Gasteiger partial charge is 0.452 e. The second kappa shape index (κ2) is 9.64. The van der Waals surface area contributed by atoms with Gasteiger partial charge >= 0.3 is 5.97 Å². The van der Waals surface area contributed by atoms with Crippen LogP contribution in [-0.2, 0) is 32.5 Å². The van der Waals surface area contributed by atoms with E-state index in [1.807, 2.05) is 18.2 Å². The van der Waals surface area contributed by atoms with Gasteiger partial charge in [0.2, 0.25) is 0 Å². The Hall–Kier alpha value is -3.36. The predicted octanol–water partition coefficient (Wildman–Crippen LogP) is 3.56. The molecule has 170 valence electrons. The van der Waals surface area contributed by atoms with Gasteiger partial charge in [-0.1, -0.05) is 48.0 Å². The van der Waals surface area contributed by atoms with Crippen LogP contribution in [0.25, 0.3) is 0 Å². The lowest BCUT2D eigenvalue weighted by Gasteiger charge is -2.19. The van der Waals surface area contributed by atoms with Crippen LogP contribution in [0.5, 0.6) is 0 Å². The van der Waals surface area contributed by atoms with Crippen molar-refractivity contribution in [3.8, 4) is 0 Å². The van der Waals surface area contributed by atoms with E-state index >= 15 is 0 Å². The van der Waals surface area contributed by atoms with Crippen LogP contribution in [0.2, 0.25) is 5.02 Å². The van der Waals surface area contributed by atoms with E-state index in [0.29, 0.717) is 23.7 Å². The van der Waals surface area contributed by atoms with Gasteiger partial charge in [0.1, 0.15) is 0 Å². The van der Waals surface area contributed by atoms with Gasteiger partial charge in [-0.25, -0.2) is 13.2 Å². The van der Waals surface area contributed by atoms with Gasteiger partial charge in [-0.15, -0.1) is 0 Å². The van der Waals surface area contributed by atoms with Crippen LogP contribution in [-0.4, -0.2) is 33.4 Å². The standard InChI is InChI=1S/C24H21ClN2O5S/c25-20-8-3-5-17(13-20)15-26-23(28)16-32-24(29)19-7-4-9-21(14-19)33(30,31)27-12-11-18-6-1-2-10-22(18)27/h1-10,13-14H,11-12,15-16H2,(H,26,28). The lowest BCUT2D eigenvalue weighted by atomic mass is 10.2. The SMILES string of the molecule is O=C(COC(=O)c1cccc(S(=O)(=O)N2CCc3ccccc32)c1)NCc1cccc(Cl)c1. The number of benzene rings is 3. The van der Waals surface area contributed by atoms with Gasteiger partial charge in [-0.3, -0.25) is 9.10 Å². The number of fused-ring (bicyclic) bond motifs is 1. The summed E-state index contributed by atoms with van der Waals surface area (Å²) >= 11 is 5.91. The summed E-state index contributed by atoms with van der Waals surface area (Å²) in [4.78, 5) is 24.5. The maximum absolute atomic E-state index is 13.2. The molecule has 0 fully saturated rings. The number of rotatable bonds is 7. The summed E-state index contributed by atoms with van der Waals surface area (Å²) in [5.41, 5.74) is 2.46. The first kappa shape index (κ1) is 22.8. The summed E-state index contributed by atoms with van der Waals surface area (Å²) in [6.07, 6.45) is 0.626. The number of carbonyl (C=O) groups excluding carboxylic acids is 2. The molecule has 33 heavy (non-hydrogen) atoms. The zero-order valence-corrected chi connectivity index (χ0v) is 19.1. The lowest BCUT2D eigenvalue weighted by molar-refractivity contribution is -0.124. The molecule has 1 aliphatic rings. The van der Waals surface area contributed by atoms with Crippen LogP contribution < -0.4 is 9.62 Å². The van der Waals surface area contributed by atoms with E-state index in [1.165, 1.54) is 28.6 Å². The quantitative estimate of drug-likeness (QED) is 0.517. The van der Waals surface area contributed by atoms with Crippen molar-refractivity contribution < 1.29 is 22.7 Å². The summed E-state index contributed by atoms with van der Waals surface area (Å²) < 4.78 is 32.8. The van der Waals surface area contributed by atoms with Crippen LogP contribution in [0, 0.1) is 0 Å². The first-order chi connectivity index (χ1) is 15.8. The third-order valence-corrected chi connectivity index (χ3v) is 7.26. The van der Waals surface area contributed by atoms with Crippen molar-refractivity contribution in [1.29, 1.82) is 0 Å². The van der Waals surface area contributed by atoms with Gasteiger partial charge in [0, 0.05) is 18.1 Å². The number of para-hydroxylation sites is 1. The van der Waals surface area contributed by atoms with Crippen molar-refractivity contribution in [1.82, 2.24) is 5.32 Å². The number of halogens is 1. The second-order valence-electron chi connectivity index (χ2n) is 7.47. The van der Waals surface area contributed by atoms with E-state index in [9.17, 15) is 18.0 Å². The Morgan fingerprint density at radius 2 is 1.79 bits per heavy atom. The molecule has 7 nitrogen and oxygen atoms in total. The van der Waals surface area contributed by atoms with E-state index in [1.54, 1.807) is 30.3 Å². The molecule has 0 saturated heterocycles. The molecule has 1 amide bonds. The maximum Gasteiger partial charge on any atom is 0.338 e. The van der Waals surface area contributed by atoms with Gasteiger partial charge < -0.3 is 10.1 Å². The summed E-state index contributed by atoms with van der Waals surface area (Å²) in [5.74, 6) is -1.27. The van der Waals surface area contributed by atoms with E-state index in [-0.39, 0.29) is 17.0 Å². The Bertz CT molecular complexity index is 1310. The van der Waals surface area contributed by atoms with Crippen LogP contribution in [0.3, 0.4) is 0 Å². The molecule has 3 aromatic rings. The Labute approximate surface area is 197 Å². The van der Waals surface area contributed by atoms with Gasteiger partial charge in [-0.2, -0.15) is 0 Å². The summed E-state index contributed by atoms with van der Waals surface area (Å²) in [6.45, 7) is 0.0843.